The monoisotopic (exact) mass is 838 g/mol. The Morgan fingerprint density at radius 1 is 0.500 bits per heavy atom. The summed E-state index contributed by atoms with van der Waals surface area (Å²) in [7, 11) is 0. The van der Waals surface area contributed by atoms with E-state index in [2.05, 4.69) is 216 Å². The zero-order valence-electron chi connectivity index (χ0n) is 37.4. The van der Waals surface area contributed by atoms with Gasteiger partial charge in [0, 0.05) is 54.3 Å². The normalized spacial score (nSPS) is 15.6. The molecule has 4 heteroatoms. The number of fused-ring (bicyclic) bond motifs is 16. The molecule has 0 N–H and O–H groups in total. The van der Waals surface area contributed by atoms with Gasteiger partial charge in [0.05, 0.1) is 15.9 Å². The molecule has 2 aliphatic heterocycles. The third-order valence-electron chi connectivity index (χ3n) is 15.7. The lowest BCUT2D eigenvalue weighted by atomic mass is 9.44. The van der Waals surface area contributed by atoms with E-state index in [1.54, 1.807) is 0 Å². The molecule has 8 aromatic carbocycles. The molecule has 0 atom stereocenters. The van der Waals surface area contributed by atoms with Gasteiger partial charge in [-0.1, -0.05) is 176 Å². The van der Waals surface area contributed by atoms with Crippen molar-refractivity contribution in [2.75, 3.05) is 4.90 Å². The van der Waals surface area contributed by atoms with E-state index in [1.807, 2.05) is 11.3 Å². The van der Waals surface area contributed by atoms with Crippen LogP contribution in [0.2, 0.25) is 0 Å². The van der Waals surface area contributed by atoms with E-state index < -0.39 is 0 Å². The summed E-state index contributed by atoms with van der Waals surface area (Å²) < 4.78 is 5.52. The Kier molecular flexibility index (Phi) is 6.98. The summed E-state index contributed by atoms with van der Waals surface area (Å²) in [4.78, 5) is 2.75. The van der Waals surface area contributed by atoms with E-state index in [1.165, 1.54) is 132 Å². The van der Waals surface area contributed by atoms with Crippen molar-refractivity contribution in [1.29, 1.82) is 0 Å². The van der Waals surface area contributed by atoms with Crippen molar-refractivity contribution < 1.29 is 0 Å². The first kappa shape index (κ1) is 36.8. The standard InChI is InChI=1S/C60H47BN2S/c1-58(2,3)35-28-29-49(41(30-35)34-18-9-8-10-19-34)62-50-33-47-42(36-20-11-14-25-45(36)59(47,4)5)32-48(50)61-53-44(31-43-37-21-12-15-26-46(37)60(6,7)52(43)56(53)62)38-23-17-24-40-54(38)63(61)55-39-22-13-16-27-51(39)64-57(40)55/h8-33H,1-7H3. The first-order valence-corrected chi connectivity index (χ1v) is 23.8. The first-order valence-electron chi connectivity index (χ1n) is 23.0. The highest BCUT2D eigenvalue weighted by atomic mass is 32.1. The Balaban J connectivity index is 1.21. The van der Waals surface area contributed by atoms with Crippen LogP contribution in [0.1, 0.15) is 76.3 Å². The van der Waals surface area contributed by atoms with Gasteiger partial charge >= 0.3 is 6.85 Å². The van der Waals surface area contributed by atoms with Gasteiger partial charge in [-0.05, 0) is 108 Å². The van der Waals surface area contributed by atoms with Gasteiger partial charge in [-0.2, -0.15) is 0 Å². The fraction of sp³-hybridized carbons (Fsp3) is 0.167. The van der Waals surface area contributed by atoms with Crippen molar-refractivity contribution in [3.05, 3.63) is 186 Å². The quantitative estimate of drug-likeness (QED) is 0.157. The molecule has 64 heavy (non-hydrogen) atoms. The zero-order valence-corrected chi connectivity index (χ0v) is 38.2. The molecule has 0 fully saturated rings. The second kappa shape index (κ2) is 12.1. The molecule has 10 aromatic rings. The van der Waals surface area contributed by atoms with Gasteiger partial charge in [-0.15, -0.1) is 11.3 Å². The number of hydrogen-bond acceptors (Lipinski definition) is 2. The first-order chi connectivity index (χ1) is 30.9. The average Bonchev–Trinajstić information content (AvgIpc) is 3.98. The number of anilines is 3. The number of nitrogens with zero attached hydrogens (tertiary/aromatic N) is 2. The number of aromatic nitrogens is 1. The molecule has 306 valence electrons. The minimum atomic E-state index is -0.269. The Labute approximate surface area is 379 Å². The third kappa shape index (κ3) is 4.47. The Morgan fingerprint density at radius 3 is 1.95 bits per heavy atom. The third-order valence-corrected chi connectivity index (χ3v) is 16.9. The van der Waals surface area contributed by atoms with Crippen LogP contribution < -0.4 is 15.8 Å². The van der Waals surface area contributed by atoms with Gasteiger partial charge in [-0.25, -0.2) is 0 Å². The molecule has 0 unspecified atom stereocenters. The second-order valence-electron chi connectivity index (χ2n) is 20.8. The highest BCUT2D eigenvalue weighted by Crippen LogP contribution is 2.60. The van der Waals surface area contributed by atoms with Crippen molar-refractivity contribution >= 4 is 77.4 Å². The Hall–Kier alpha value is -6.62. The van der Waals surface area contributed by atoms with E-state index in [4.69, 9.17) is 0 Å². The van der Waals surface area contributed by atoms with Crippen LogP contribution >= 0.6 is 11.3 Å². The Morgan fingerprint density at radius 2 is 1.17 bits per heavy atom. The largest absolute Gasteiger partial charge is 0.374 e. The van der Waals surface area contributed by atoms with Crippen LogP contribution in [0.4, 0.5) is 17.1 Å². The summed E-state index contributed by atoms with van der Waals surface area (Å²) >= 11 is 1.95. The fourth-order valence-electron chi connectivity index (χ4n) is 12.7. The summed E-state index contributed by atoms with van der Waals surface area (Å²) in [6, 6.07) is 60.9. The van der Waals surface area contributed by atoms with Crippen molar-refractivity contribution in [2.45, 2.75) is 64.7 Å². The van der Waals surface area contributed by atoms with E-state index >= 15 is 0 Å². The van der Waals surface area contributed by atoms with Crippen molar-refractivity contribution in [3.8, 4) is 44.5 Å². The molecular formula is C60H47BN2S. The van der Waals surface area contributed by atoms with E-state index in [9.17, 15) is 0 Å². The molecule has 0 saturated carbocycles. The molecule has 4 aliphatic rings. The lowest BCUT2D eigenvalue weighted by Crippen LogP contribution is -2.57. The molecule has 2 nitrogen and oxygen atoms in total. The smallest absolute Gasteiger partial charge is 0.333 e. The number of para-hydroxylation sites is 1. The molecule has 0 amide bonds. The summed E-state index contributed by atoms with van der Waals surface area (Å²) in [6.45, 7) is 16.8. The minimum absolute atomic E-state index is 0.0292. The fourth-order valence-corrected chi connectivity index (χ4v) is 13.9. The lowest BCUT2D eigenvalue weighted by molar-refractivity contribution is 0.590. The topological polar surface area (TPSA) is 8.17 Å². The molecule has 0 radical (unpaired) electrons. The molecule has 2 aromatic heterocycles. The SMILES string of the molecule is CC(C)(C)c1ccc(N2c3cc4c(cc3B3c5c(cc6c(c52)C(C)(C)c2ccccc2-6)-c2cccc5c6sc7ccccc7c6n3c25)-c2ccccc2C4(C)C)c(-c2ccccc2)c1. The predicted octanol–water partition coefficient (Wildman–Crippen LogP) is 15.0. The molecule has 4 heterocycles. The number of rotatable bonds is 2. The van der Waals surface area contributed by atoms with Gasteiger partial charge in [0.25, 0.3) is 0 Å². The van der Waals surface area contributed by atoms with Gasteiger partial charge in [0.2, 0.25) is 0 Å². The lowest BCUT2D eigenvalue weighted by Gasteiger charge is -2.44. The van der Waals surface area contributed by atoms with Crippen LogP contribution in [0.25, 0.3) is 75.7 Å². The molecule has 0 bridgehead atoms. The van der Waals surface area contributed by atoms with Crippen molar-refractivity contribution in [2.24, 2.45) is 0 Å². The van der Waals surface area contributed by atoms with Crippen LogP contribution in [0.5, 0.6) is 0 Å². The number of thiophene rings is 1. The van der Waals surface area contributed by atoms with Gasteiger partial charge in [-0.3, -0.25) is 0 Å². The number of benzene rings is 8. The van der Waals surface area contributed by atoms with Crippen LogP contribution in [0.3, 0.4) is 0 Å². The van der Waals surface area contributed by atoms with E-state index in [-0.39, 0.29) is 23.1 Å². The average molecular weight is 839 g/mol. The van der Waals surface area contributed by atoms with Crippen LogP contribution in [0, 0.1) is 0 Å². The highest BCUT2D eigenvalue weighted by molar-refractivity contribution is 7.27. The predicted molar refractivity (Wildman–Crippen MR) is 275 cm³/mol. The van der Waals surface area contributed by atoms with Crippen LogP contribution in [-0.2, 0) is 16.2 Å². The molecule has 14 rings (SSSR count). The summed E-state index contributed by atoms with van der Waals surface area (Å²) in [6.07, 6.45) is 0. The Bertz CT molecular complexity index is 3720. The van der Waals surface area contributed by atoms with Crippen LogP contribution in [-0.4, -0.2) is 11.3 Å². The maximum Gasteiger partial charge on any atom is 0.333 e. The van der Waals surface area contributed by atoms with Gasteiger partial charge in [0.1, 0.15) is 0 Å². The summed E-state index contributed by atoms with van der Waals surface area (Å²) in [5.41, 5.74) is 26.3. The summed E-state index contributed by atoms with van der Waals surface area (Å²) in [5, 5.41) is 2.69. The maximum atomic E-state index is 2.79. The molecule has 2 aliphatic carbocycles. The van der Waals surface area contributed by atoms with Crippen LogP contribution in [0.15, 0.2) is 158 Å². The molecular weight excluding hydrogens is 792 g/mol. The van der Waals surface area contributed by atoms with Crippen molar-refractivity contribution in [1.82, 2.24) is 4.48 Å². The van der Waals surface area contributed by atoms with E-state index in [0.717, 1.165) is 0 Å². The van der Waals surface area contributed by atoms with Crippen molar-refractivity contribution in [3.63, 3.8) is 0 Å². The van der Waals surface area contributed by atoms with Gasteiger partial charge < -0.3 is 9.38 Å². The molecule has 0 saturated heterocycles. The maximum absolute atomic E-state index is 2.79. The summed E-state index contributed by atoms with van der Waals surface area (Å²) in [5.74, 6) is 0. The second-order valence-corrected chi connectivity index (χ2v) is 21.9. The minimum Gasteiger partial charge on any atom is -0.374 e. The van der Waals surface area contributed by atoms with Gasteiger partial charge in [0.15, 0.2) is 0 Å². The van der Waals surface area contributed by atoms with E-state index in [0.29, 0.717) is 0 Å². The highest BCUT2D eigenvalue weighted by Gasteiger charge is 2.50. The molecule has 0 spiro atoms. The zero-order chi connectivity index (χ0) is 43.2. The number of hydrogen-bond donors (Lipinski definition) is 0.